The maximum atomic E-state index is 12.7. The number of nitrogens with two attached hydrogens (primary N) is 1. The first-order valence-electron chi connectivity index (χ1n) is 11.9. The van der Waals surface area contributed by atoms with Crippen LogP contribution in [0.4, 0.5) is 5.82 Å². The van der Waals surface area contributed by atoms with Crippen molar-refractivity contribution in [1.82, 2.24) is 24.5 Å². The van der Waals surface area contributed by atoms with E-state index in [9.17, 15) is 10.1 Å². The van der Waals surface area contributed by atoms with Gasteiger partial charge < -0.3 is 10.6 Å². The first-order valence-corrected chi connectivity index (χ1v) is 11.9. The highest BCUT2D eigenvalue weighted by Crippen LogP contribution is 2.44. The van der Waals surface area contributed by atoms with Crippen LogP contribution in [0.5, 0.6) is 0 Å². The summed E-state index contributed by atoms with van der Waals surface area (Å²) in [7, 11) is 0. The van der Waals surface area contributed by atoms with E-state index in [2.05, 4.69) is 16.3 Å². The average Bonchev–Trinajstić information content (AvgIpc) is 3.41. The molecule has 35 heavy (non-hydrogen) atoms. The Bertz CT molecular complexity index is 1460. The van der Waals surface area contributed by atoms with Crippen molar-refractivity contribution in [2.75, 3.05) is 5.73 Å². The van der Waals surface area contributed by atoms with Gasteiger partial charge in [-0.2, -0.15) is 14.9 Å². The van der Waals surface area contributed by atoms with Crippen molar-refractivity contribution in [3.63, 3.8) is 0 Å². The molecule has 2 aliphatic heterocycles. The van der Waals surface area contributed by atoms with Gasteiger partial charge in [-0.3, -0.25) is 9.78 Å². The van der Waals surface area contributed by atoms with Crippen LogP contribution in [0, 0.1) is 11.5 Å². The van der Waals surface area contributed by atoms with Gasteiger partial charge in [0.2, 0.25) is 0 Å². The number of hydrogen-bond donors (Lipinski definition) is 1. The van der Waals surface area contributed by atoms with Crippen molar-refractivity contribution in [3.8, 4) is 28.6 Å². The molecule has 1 aromatic carbocycles. The summed E-state index contributed by atoms with van der Waals surface area (Å²) < 4.78 is 1.56. The van der Waals surface area contributed by atoms with E-state index in [1.54, 1.807) is 10.7 Å². The molecule has 2 aliphatic rings. The molecule has 174 valence electrons. The third kappa shape index (κ3) is 3.43. The molecule has 8 nitrogen and oxygen atoms in total. The summed E-state index contributed by atoms with van der Waals surface area (Å²) in [6.07, 6.45) is 9.50. The molecule has 8 heteroatoms. The zero-order valence-corrected chi connectivity index (χ0v) is 19.4. The van der Waals surface area contributed by atoms with Gasteiger partial charge in [0.05, 0.1) is 23.1 Å². The van der Waals surface area contributed by atoms with E-state index in [-0.39, 0.29) is 23.8 Å². The van der Waals surface area contributed by atoms with Gasteiger partial charge in [0, 0.05) is 40.9 Å². The maximum absolute atomic E-state index is 12.7. The molecule has 2 bridgehead atoms. The summed E-state index contributed by atoms with van der Waals surface area (Å²) in [4.78, 5) is 24.3. The molecular formula is C27H25N7O. The number of carbonyl (C=O) groups is 1. The summed E-state index contributed by atoms with van der Waals surface area (Å²) in [6, 6.07) is 14.4. The van der Waals surface area contributed by atoms with Gasteiger partial charge in [-0.15, -0.1) is 0 Å². The molecule has 3 atom stereocenters. The van der Waals surface area contributed by atoms with Crippen LogP contribution in [0.2, 0.25) is 0 Å². The van der Waals surface area contributed by atoms with Crippen LogP contribution >= 0.6 is 0 Å². The van der Waals surface area contributed by atoms with Crippen molar-refractivity contribution >= 4 is 17.2 Å². The Kier molecular flexibility index (Phi) is 4.99. The number of fused-ring (bicyclic) bond motifs is 3. The predicted molar refractivity (Wildman–Crippen MR) is 132 cm³/mol. The quantitative estimate of drug-likeness (QED) is 0.352. The Morgan fingerprint density at radius 1 is 1.06 bits per heavy atom. The van der Waals surface area contributed by atoms with Crippen LogP contribution in [-0.2, 0) is 0 Å². The van der Waals surface area contributed by atoms with Crippen LogP contribution in [0.3, 0.4) is 0 Å². The minimum Gasteiger partial charge on any atom is -0.383 e. The lowest BCUT2D eigenvalue weighted by Gasteiger charge is -2.35. The van der Waals surface area contributed by atoms with E-state index >= 15 is 0 Å². The number of nitriles is 1. The molecule has 2 saturated heterocycles. The Hall–Kier alpha value is -4.25. The second-order valence-electron chi connectivity index (χ2n) is 9.47. The maximum Gasteiger partial charge on any atom is 0.179 e. The van der Waals surface area contributed by atoms with Gasteiger partial charge in [-0.25, -0.2) is 4.98 Å². The van der Waals surface area contributed by atoms with Crippen molar-refractivity contribution in [2.24, 2.45) is 0 Å². The fourth-order valence-corrected chi connectivity index (χ4v) is 5.79. The van der Waals surface area contributed by atoms with Crippen LogP contribution in [-0.4, -0.2) is 42.3 Å². The van der Waals surface area contributed by atoms with Gasteiger partial charge in [0.1, 0.15) is 5.82 Å². The Morgan fingerprint density at radius 3 is 2.43 bits per heavy atom. The molecule has 2 N–H and O–H groups in total. The number of benzene rings is 1. The van der Waals surface area contributed by atoms with E-state index in [4.69, 9.17) is 10.7 Å². The summed E-state index contributed by atoms with van der Waals surface area (Å²) >= 11 is 0. The van der Waals surface area contributed by atoms with Gasteiger partial charge in [0.15, 0.2) is 17.6 Å². The fraction of sp³-hybridized carbons (Fsp3) is 0.296. The fourth-order valence-electron chi connectivity index (χ4n) is 5.79. The molecule has 4 aromatic rings. The molecule has 0 saturated carbocycles. The van der Waals surface area contributed by atoms with E-state index in [1.165, 1.54) is 6.92 Å². The number of anilines is 1. The third-order valence-electron chi connectivity index (χ3n) is 7.44. The number of pyridine rings is 1. The number of Topliss-reactive ketones (excluding diaryl/α,β-unsaturated/α-hetero) is 1. The second kappa shape index (κ2) is 8.20. The SMILES string of the molecule is CC(=O)c1c([C@@H]2C[C@H]3CC[C@@H](C2)N3C#N)nc2c(-c3ccc(-c4ccccc4)nc3)cnn2c1N. The van der Waals surface area contributed by atoms with E-state index in [0.29, 0.717) is 17.0 Å². The summed E-state index contributed by atoms with van der Waals surface area (Å²) in [5.41, 5.74) is 11.9. The molecule has 3 aromatic heterocycles. The molecule has 0 aliphatic carbocycles. The third-order valence-corrected chi connectivity index (χ3v) is 7.44. The first kappa shape index (κ1) is 21.3. The van der Waals surface area contributed by atoms with Crippen LogP contribution in [0.15, 0.2) is 54.9 Å². The molecular weight excluding hydrogens is 438 g/mol. The number of piperidine rings is 1. The number of nitrogens with zero attached hydrogens (tertiary/aromatic N) is 6. The minimum absolute atomic E-state index is 0.0737. The lowest BCUT2D eigenvalue weighted by Crippen LogP contribution is -2.39. The lowest BCUT2D eigenvalue weighted by atomic mass is 9.85. The van der Waals surface area contributed by atoms with Gasteiger partial charge in [-0.1, -0.05) is 36.4 Å². The highest BCUT2D eigenvalue weighted by Gasteiger charge is 2.42. The first-order chi connectivity index (χ1) is 17.0. The second-order valence-corrected chi connectivity index (χ2v) is 9.47. The van der Waals surface area contributed by atoms with Crippen LogP contribution in [0.25, 0.3) is 28.0 Å². The number of ketones is 1. The number of nitrogen functional groups attached to an aromatic ring is 1. The smallest absolute Gasteiger partial charge is 0.179 e. The van der Waals surface area contributed by atoms with Crippen molar-refractivity contribution < 1.29 is 4.79 Å². The van der Waals surface area contributed by atoms with Crippen LogP contribution < -0.4 is 5.73 Å². The topological polar surface area (TPSA) is 113 Å². The van der Waals surface area contributed by atoms with E-state index in [0.717, 1.165) is 53.8 Å². The summed E-state index contributed by atoms with van der Waals surface area (Å²) in [6.45, 7) is 1.53. The Labute approximate surface area is 203 Å². The monoisotopic (exact) mass is 463 g/mol. The largest absolute Gasteiger partial charge is 0.383 e. The zero-order chi connectivity index (χ0) is 24.1. The molecule has 0 radical (unpaired) electrons. The van der Waals surface area contributed by atoms with Crippen molar-refractivity contribution in [2.45, 2.75) is 50.6 Å². The Balaban J connectivity index is 1.44. The average molecular weight is 464 g/mol. The molecule has 0 spiro atoms. The number of carbonyl (C=O) groups excluding carboxylic acids is 1. The van der Waals surface area contributed by atoms with E-state index < -0.39 is 0 Å². The molecule has 2 fully saturated rings. The summed E-state index contributed by atoms with van der Waals surface area (Å²) in [5.74, 6) is 0.269. The highest BCUT2D eigenvalue weighted by molar-refractivity contribution is 6.00. The predicted octanol–water partition coefficient (Wildman–Crippen LogP) is 4.43. The van der Waals surface area contributed by atoms with E-state index in [1.807, 2.05) is 53.6 Å². The molecule has 6 rings (SSSR count). The molecule has 0 amide bonds. The van der Waals surface area contributed by atoms with Gasteiger partial charge >= 0.3 is 0 Å². The van der Waals surface area contributed by atoms with Crippen molar-refractivity contribution in [3.05, 3.63) is 66.1 Å². The highest BCUT2D eigenvalue weighted by atomic mass is 16.1. The minimum atomic E-state index is -0.118. The number of hydrogen-bond acceptors (Lipinski definition) is 7. The molecule has 0 unspecified atom stereocenters. The Morgan fingerprint density at radius 2 is 1.80 bits per heavy atom. The zero-order valence-electron chi connectivity index (χ0n) is 19.4. The number of aromatic nitrogens is 4. The van der Waals surface area contributed by atoms with Crippen molar-refractivity contribution in [1.29, 1.82) is 5.26 Å². The van der Waals surface area contributed by atoms with Gasteiger partial charge in [-0.05, 0) is 38.7 Å². The number of rotatable bonds is 4. The van der Waals surface area contributed by atoms with Gasteiger partial charge in [0.25, 0.3) is 0 Å². The normalized spacial score (nSPS) is 21.3. The molecule has 5 heterocycles. The van der Waals surface area contributed by atoms with Crippen LogP contribution in [0.1, 0.15) is 54.6 Å². The summed E-state index contributed by atoms with van der Waals surface area (Å²) in [5, 5.41) is 14.0. The standard InChI is InChI=1S/C27H25N7O/c1-16(35)24-25(19-11-20-8-9-21(12-19)33(20)15-28)32-27-22(14-31-34(27)26(24)29)18-7-10-23(30-13-18)17-5-3-2-4-6-17/h2-7,10,13-14,19-21H,8-9,11-12,29H2,1H3/t19-,20-,21+. The lowest BCUT2D eigenvalue weighted by molar-refractivity contribution is 0.101.